The summed E-state index contributed by atoms with van der Waals surface area (Å²) in [4.78, 5) is 10.4. The molecule has 0 spiro atoms. The zero-order valence-electron chi connectivity index (χ0n) is 8.75. The third-order valence-corrected chi connectivity index (χ3v) is 3.41. The molecule has 0 bridgehead atoms. The molecule has 0 aromatic heterocycles. The summed E-state index contributed by atoms with van der Waals surface area (Å²) in [6, 6.07) is 0. The van der Waals surface area contributed by atoms with Crippen molar-refractivity contribution in [2.75, 3.05) is 5.75 Å². The summed E-state index contributed by atoms with van der Waals surface area (Å²) in [6.07, 6.45) is 2.74. The van der Waals surface area contributed by atoms with E-state index in [-0.39, 0.29) is 11.7 Å². The molecule has 78 valence electrons. The molecule has 0 aliphatic rings. The van der Waals surface area contributed by atoms with E-state index >= 15 is 0 Å². The van der Waals surface area contributed by atoms with Crippen molar-refractivity contribution < 1.29 is 9.90 Å². The van der Waals surface area contributed by atoms with E-state index in [1.165, 1.54) is 12.8 Å². The Morgan fingerprint density at radius 2 is 2.08 bits per heavy atom. The molecule has 0 aromatic rings. The second-order valence-corrected chi connectivity index (χ2v) is 5.11. The highest BCUT2D eigenvalue weighted by Gasteiger charge is 2.09. The van der Waals surface area contributed by atoms with Crippen LogP contribution in [0.25, 0.3) is 0 Å². The average Bonchev–Trinajstić information content (AvgIpc) is 2.00. The lowest BCUT2D eigenvalue weighted by Gasteiger charge is -2.12. The standard InChI is InChI=1S/C10H20O2S/c1-4-5-8(2)7-13-9(3)6-10(11)12/h8-9H,4-7H2,1-3H3,(H,11,12). The van der Waals surface area contributed by atoms with Gasteiger partial charge >= 0.3 is 5.97 Å². The number of carboxylic acid groups (broad SMARTS) is 1. The smallest absolute Gasteiger partial charge is 0.304 e. The van der Waals surface area contributed by atoms with Crippen molar-refractivity contribution >= 4 is 17.7 Å². The SMILES string of the molecule is CCCC(C)CSC(C)CC(=O)O. The van der Waals surface area contributed by atoms with Crippen LogP contribution in [0.4, 0.5) is 0 Å². The molecule has 3 heteroatoms. The summed E-state index contributed by atoms with van der Waals surface area (Å²) in [5, 5.41) is 8.79. The van der Waals surface area contributed by atoms with Gasteiger partial charge in [0.2, 0.25) is 0 Å². The minimum absolute atomic E-state index is 0.247. The normalized spacial score (nSPS) is 15.3. The van der Waals surface area contributed by atoms with Crippen LogP contribution in [0, 0.1) is 5.92 Å². The van der Waals surface area contributed by atoms with Crippen molar-refractivity contribution in [3.8, 4) is 0 Å². The predicted octanol–water partition coefficient (Wildman–Crippen LogP) is 3.02. The molecule has 0 amide bonds. The number of carboxylic acids is 1. The van der Waals surface area contributed by atoms with Gasteiger partial charge in [0.25, 0.3) is 0 Å². The van der Waals surface area contributed by atoms with Gasteiger partial charge in [-0.15, -0.1) is 0 Å². The summed E-state index contributed by atoms with van der Waals surface area (Å²) in [5.41, 5.74) is 0. The Bertz CT molecular complexity index is 148. The molecule has 0 aromatic carbocycles. The zero-order chi connectivity index (χ0) is 10.3. The van der Waals surface area contributed by atoms with Gasteiger partial charge in [-0.25, -0.2) is 0 Å². The Labute approximate surface area is 85.1 Å². The number of hydrogen-bond donors (Lipinski definition) is 1. The maximum absolute atomic E-state index is 10.4. The van der Waals surface area contributed by atoms with Gasteiger partial charge in [0.05, 0.1) is 6.42 Å². The van der Waals surface area contributed by atoms with Crippen molar-refractivity contribution in [3.63, 3.8) is 0 Å². The first-order chi connectivity index (χ1) is 6.06. The number of hydrogen-bond acceptors (Lipinski definition) is 2. The fourth-order valence-corrected chi connectivity index (χ4v) is 2.29. The van der Waals surface area contributed by atoms with Crippen molar-refractivity contribution in [2.24, 2.45) is 5.92 Å². The molecule has 13 heavy (non-hydrogen) atoms. The summed E-state index contributed by atoms with van der Waals surface area (Å²) in [7, 11) is 0. The quantitative estimate of drug-likeness (QED) is 0.692. The molecule has 0 saturated carbocycles. The van der Waals surface area contributed by atoms with E-state index in [9.17, 15) is 4.79 Å². The summed E-state index contributed by atoms with van der Waals surface area (Å²) < 4.78 is 0. The summed E-state index contributed by atoms with van der Waals surface area (Å²) >= 11 is 1.77. The van der Waals surface area contributed by atoms with Crippen molar-refractivity contribution in [1.82, 2.24) is 0 Å². The number of aliphatic carboxylic acids is 1. The number of carbonyl (C=O) groups is 1. The van der Waals surface area contributed by atoms with E-state index in [0.29, 0.717) is 5.92 Å². The lowest BCUT2D eigenvalue weighted by atomic mass is 10.1. The molecule has 0 aliphatic carbocycles. The van der Waals surface area contributed by atoms with E-state index in [4.69, 9.17) is 5.11 Å². The lowest BCUT2D eigenvalue weighted by Crippen LogP contribution is -2.08. The average molecular weight is 204 g/mol. The maximum atomic E-state index is 10.4. The van der Waals surface area contributed by atoms with E-state index in [0.717, 1.165) is 5.75 Å². The van der Waals surface area contributed by atoms with Gasteiger partial charge in [0.1, 0.15) is 0 Å². The highest BCUT2D eigenvalue weighted by molar-refractivity contribution is 7.99. The third kappa shape index (κ3) is 8.16. The molecule has 2 unspecified atom stereocenters. The van der Waals surface area contributed by atoms with E-state index in [1.807, 2.05) is 6.92 Å². The van der Waals surface area contributed by atoms with Crippen LogP contribution in [0.5, 0.6) is 0 Å². The Morgan fingerprint density at radius 3 is 2.54 bits per heavy atom. The van der Waals surface area contributed by atoms with Crippen molar-refractivity contribution in [1.29, 1.82) is 0 Å². The van der Waals surface area contributed by atoms with Crippen molar-refractivity contribution in [2.45, 2.75) is 45.3 Å². The van der Waals surface area contributed by atoms with Gasteiger partial charge in [0, 0.05) is 5.25 Å². The van der Waals surface area contributed by atoms with Gasteiger partial charge < -0.3 is 5.11 Å². The van der Waals surface area contributed by atoms with E-state index < -0.39 is 5.97 Å². The fraction of sp³-hybridized carbons (Fsp3) is 0.900. The highest BCUT2D eigenvalue weighted by atomic mass is 32.2. The monoisotopic (exact) mass is 204 g/mol. The third-order valence-electron chi connectivity index (χ3n) is 1.91. The second kappa shape index (κ2) is 7.25. The van der Waals surface area contributed by atoms with Crippen LogP contribution < -0.4 is 0 Å². The molecular formula is C10H20O2S. The molecule has 0 saturated heterocycles. The largest absolute Gasteiger partial charge is 0.481 e. The first-order valence-electron chi connectivity index (χ1n) is 4.89. The van der Waals surface area contributed by atoms with E-state index in [2.05, 4.69) is 13.8 Å². The van der Waals surface area contributed by atoms with Gasteiger partial charge in [-0.2, -0.15) is 11.8 Å². The molecular weight excluding hydrogens is 184 g/mol. The maximum Gasteiger partial charge on any atom is 0.304 e. The molecule has 2 nitrogen and oxygen atoms in total. The van der Waals surface area contributed by atoms with Crippen LogP contribution in [-0.2, 0) is 4.79 Å². The fourth-order valence-electron chi connectivity index (χ4n) is 1.21. The Balaban J connectivity index is 3.45. The van der Waals surface area contributed by atoms with E-state index in [1.54, 1.807) is 11.8 Å². The zero-order valence-corrected chi connectivity index (χ0v) is 9.56. The second-order valence-electron chi connectivity index (χ2n) is 3.64. The van der Waals surface area contributed by atoms with Crippen LogP contribution >= 0.6 is 11.8 Å². The Hall–Kier alpha value is -0.180. The first kappa shape index (κ1) is 12.8. The van der Waals surface area contributed by atoms with Crippen LogP contribution in [-0.4, -0.2) is 22.1 Å². The summed E-state index contributed by atoms with van der Waals surface area (Å²) in [6.45, 7) is 6.39. The predicted molar refractivity (Wildman–Crippen MR) is 58.2 cm³/mol. The van der Waals surface area contributed by atoms with Crippen LogP contribution in [0.1, 0.15) is 40.0 Å². The van der Waals surface area contributed by atoms with Crippen LogP contribution in [0.3, 0.4) is 0 Å². The molecule has 2 atom stereocenters. The Kier molecular flexibility index (Phi) is 7.14. The first-order valence-corrected chi connectivity index (χ1v) is 5.94. The molecule has 0 heterocycles. The topological polar surface area (TPSA) is 37.3 Å². The van der Waals surface area contributed by atoms with Crippen LogP contribution in [0.2, 0.25) is 0 Å². The van der Waals surface area contributed by atoms with Gasteiger partial charge in [-0.05, 0) is 11.7 Å². The highest BCUT2D eigenvalue weighted by Crippen LogP contribution is 2.19. The Morgan fingerprint density at radius 1 is 1.46 bits per heavy atom. The minimum Gasteiger partial charge on any atom is -0.481 e. The van der Waals surface area contributed by atoms with Crippen LogP contribution in [0.15, 0.2) is 0 Å². The minimum atomic E-state index is -0.692. The molecule has 0 rings (SSSR count). The van der Waals surface area contributed by atoms with Gasteiger partial charge in [0.15, 0.2) is 0 Å². The number of rotatable bonds is 7. The summed E-state index contributed by atoms with van der Waals surface area (Å²) in [5.74, 6) is 1.11. The molecule has 0 fully saturated rings. The number of thioether (sulfide) groups is 1. The lowest BCUT2D eigenvalue weighted by molar-refractivity contribution is -0.136. The van der Waals surface area contributed by atoms with Crippen molar-refractivity contribution in [3.05, 3.63) is 0 Å². The van der Waals surface area contributed by atoms with Gasteiger partial charge in [-0.1, -0.05) is 33.6 Å². The molecule has 0 radical (unpaired) electrons. The molecule has 0 aliphatic heterocycles. The molecule has 1 N–H and O–H groups in total. The van der Waals surface area contributed by atoms with Gasteiger partial charge in [-0.3, -0.25) is 4.79 Å².